The second-order valence-corrected chi connectivity index (χ2v) is 6.67. The van der Waals surface area contributed by atoms with E-state index in [-0.39, 0.29) is 11.6 Å². The van der Waals surface area contributed by atoms with Gasteiger partial charge in [0.05, 0.1) is 11.0 Å². The summed E-state index contributed by atoms with van der Waals surface area (Å²) in [5, 5.41) is 5.49. The third kappa shape index (κ3) is 3.66. The Morgan fingerprint density at radius 3 is 2.64 bits per heavy atom. The Bertz CT molecular complexity index is 957. The molecule has 8 nitrogen and oxygen atoms in total. The Kier molecular flexibility index (Phi) is 4.75. The summed E-state index contributed by atoms with van der Waals surface area (Å²) in [5.41, 5.74) is 0.949. The maximum atomic E-state index is 12.4. The van der Waals surface area contributed by atoms with E-state index in [0.717, 1.165) is 10.7 Å². The molecule has 0 bridgehead atoms. The monoisotopic (exact) mass is 358 g/mol. The molecule has 1 amide bonds. The normalized spacial score (nSPS) is 12.1. The molecule has 3 N–H and O–H groups in total. The molecule has 0 spiro atoms. The van der Waals surface area contributed by atoms with Gasteiger partial charge in [-0.15, -0.1) is 11.3 Å². The SMILES string of the molecule is CC[C@@H](NC(=O)c1cnc(-c2csc(C)n2)[nH]c1=O)c1ncc(C)[nH]1. The number of carbonyl (C=O) groups is 1. The molecule has 0 saturated heterocycles. The summed E-state index contributed by atoms with van der Waals surface area (Å²) < 4.78 is 0. The number of nitrogens with zero attached hydrogens (tertiary/aromatic N) is 3. The molecule has 0 aliphatic rings. The first-order valence-corrected chi connectivity index (χ1v) is 8.70. The van der Waals surface area contributed by atoms with E-state index in [1.807, 2.05) is 20.8 Å². The van der Waals surface area contributed by atoms with Gasteiger partial charge in [-0.1, -0.05) is 6.92 Å². The van der Waals surface area contributed by atoms with Gasteiger partial charge in [-0.05, 0) is 20.3 Å². The topological polar surface area (TPSA) is 116 Å². The first-order chi connectivity index (χ1) is 12.0. The lowest BCUT2D eigenvalue weighted by molar-refractivity contribution is 0.0932. The van der Waals surface area contributed by atoms with Crippen LogP contribution in [0, 0.1) is 13.8 Å². The van der Waals surface area contributed by atoms with Gasteiger partial charge in [-0.2, -0.15) is 0 Å². The highest BCUT2D eigenvalue weighted by molar-refractivity contribution is 7.09. The number of amides is 1. The molecule has 25 heavy (non-hydrogen) atoms. The van der Waals surface area contributed by atoms with Gasteiger partial charge >= 0.3 is 0 Å². The van der Waals surface area contributed by atoms with Crippen LogP contribution in [0.2, 0.25) is 0 Å². The van der Waals surface area contributed by atoms with Crippen LogP contribution in [0.5, 0.6) is 0 Å². The fourth-order valence-electron chi connectivity index (χ4n) is 2.37. The predicted octanol–water partition coefficient (Wildman–Crippen LogP) is 2.11. The van der Waals surface area contributed by atoms with E-state index in [9.17, 15) is 9.59 Å². The van der Waals surface area contributed by atoms with Crippen molar-refractivity contribution in [1.82, 2.24) is 30.2 Å². The lowest BCUT2D eigenvalue weighted by atomic mass is 10.2. The maximum Gasteiger partial charge on any atom is 0.264 e. The summed E-state index contributed by atoms with van der Waals surface area (Å²) in [6, 6.07) is -0.304. The van der Waals surface area contributed by atoms with Gasteiger partial charge in [-0.25, -0.2) is 15.0 Å². The Hall–Kier alpha value is -2.81. The van der Waals surface area contributed by atoms with Crippen LogP contribution in [-0.2, 0) is 0 Å². The average molecular weight is 358 g/mol. The summed E-state index contributed by atoms with van der Waals surface area (Å²) in [6.07, 6.45) is 3.61. The minimum absolute atomic E-state index is 0.0440. The van der Waals surface area contributed by atoms with Crippen molar-refractivity contribution in [2.24, 2.45) is 0 Å². The van der Waals surface area contributed by atoms with E-state index in [0.29, 0.717) is 23.8 Å². The molecule has 0 fully saturated rings. The van der Waals surface area contributed by atoms with Crippen LogP contribution in [0.4, 0.5) is 0 Å². The number of hydrogen-bond acceptors (Lipinski definition) is 6. The number of carbonyl (C=O) groups excluding carboxylic acids is 1. The Labute approximate surface area is 147 Å². The van der Waals surface area contributed by atoms with Gasteiger partial charge in [0.25, 0.3) is 11.5 Å². The molecule has 0 aliphatic heterocycles. The van der Waals surface area contributed by atoms with Crippen LogP contribution in [0.1, 0.15) is 46.3 Å². The molecule has 3 heterocycles. The number of imidazole rings is 1. The minimum Gasteiger partial charge on any atom is -0.344 e. The van der Waals surface area contributed by atoms with Crippen molar-refractivity contribution in [1.29, 1.82) is 0 Å². The largest absolute Gasteiger partial charge is 0.344 e. The van der Waals surface area contributed by atoms with Crippen LogP contribution < -0.4 is 10.9 Å². The molecule has 9 heteroatoms. The number of nitrogens with one attached hydrogen (secondary N) is 3. The van der Waals surface area contributed by atoms with E-state index in [4.69, 9.17) is 0 Å². The number of hydrogen-bond donors (Lipinski definition) is 3. The Balaban J connectivity index is 1.81. The predicted molar refractivity (Wildman–Crippen MR) is 94.5 cm³/mol. The van der Waals surface area contributed by atoms with Crippen molar-refractivity contribution in [2.45, 2.75) is 33.2 Å². The second kappa shape index (κ2) is 6.98. The minimum atomic E-state index is -0.501. The first kappa shape index (κ1) is 17.0. The molecule has 3 rings (SSSR count). The van der Waals surface area contributed by atoms with E-state index >= 15 is 0 Å². The highest BCUT2D eigenvalue weighted by Crippen LogP contribution is 2.17. The third-order valence-electron chi connectivity index (χ3n) is 3.67. The van der Waals surface area contributed by atoms with Crippen molar-refractivity contribution >= 4 is 17.2 Å². The van der Waals surface area contributed by atoms with E-state index in [2.05, 4.69) is 30.2 Å². The molecule has 0 aliphatic carbocycles. The lowest BCUT2D eigenvalue weighted by Crippen LogP contribution is -2.33. The smallest absolute Gasteiger partial charge is 0.264 e. The summed E-state index contributed by atoms with van der Waals surface area (Å²) in [6.45, 7) is 5.69. The van der Waals surface area contributed by atoms with Crippen molar-refractivity contribution < 1.29 is 4.79 Å². The molecular weight excluding hydrogens is 340 g/mol. The standard InChI is InChI=1S/C16H18N6O2S/c1-4-11(13-17-5-8(2)19-13)21-15(23)10-6-18-14(22-16(10)24)12-7-25-9(3)20-12/h5-7,11H,4H2,1-3H3,(H,17,19)(H,21,23)(H,18,22,24)/t11-/m1/s1. The molecule has 0 saturated carbocycles. The maximum absolute atomic E-state index is 12.4. The summed E-state index contributed by atoms with van der Waals surface area (Å²) in [4.78, 5) is 43.1. The van der Waals surface area contributed by atoms with E-state index in [1.165, 1.54) is 17.5 Å². The van der Waals surface area contributed by atoms with Gasteiger partial charge in [0, 0.05) is 23.5 Å². The number of aryl methyl sites for hydroxylation is 2. The molecule has 0 unspecified atom stereocenters. The number of aromatic amines is 2. The summed E-state index contributed by atoms with van der Waals surface area (Å²) >= 11 is 1.46. The number of aromatic nitrogens is 5. The highest BCUT2D eigenvalue weighted by Gasteiger charge is 2.19. The van der Waals surface area contributed by atoms with Crippen LogP contribution in [0.25, 0.3) is 11.5 Å². The number of H-pyrrole nitrogens is 2. The Morgan fingerprint density at radius 1 is 1.28 bits per heavy atom. The zero-order valence-corrected chi connectivity index (χ0v) is 14.9. The number of thiazole rings is 1. The average Bonchev–Trinajstić information content (AvgIpc) is 3.20. The van der Waals surface area contributed by atoms with Gasteiger partial charge in [0.1, 0.15) is 17.1 Å². The van der Waals surface area contributed by atoms with Crippen molar-refractivity contribution in [3.63, 3.8) is 0 Å². The van der Waals surface area contributed by atoms with Crippen LogP contribution in [0.3, 0.4) is 0 Å². The highest BCUT2D eigenvalue weighted by atomic mass is 32.1. The fraction of sp³-hybridized carbons (Fsp3) is 0.312. The summed E-state index contributed by atoms with van der Waals surface area (Å²) in [7, 11) is 0. The molecule has 0 aromatic carbocycles. The fourth-order valence-corrected chi connectivity index (χ4v) is 2.97. The first-order valence-electron chi connectivity index (χ1n) is 7.82. The van der Waals surface area contributed by atoms with Gasteiger partial charge in [0.15, 0.2) is 5.82 Å². The molecular formula is C16H18N6O2S. The van der Waals surface area contributed by atoms with Crippen LogP contribution in [0.15, 0.2) is 22.6 Å². The van der Waals surface area contributed by atoms with Crippen molar-refractivity contribution in [3.8, 4) is 11.5 Å². The lowest BCUT2D eigenvalue weighted by Gasteiger charge is -2.14. The zero-order chi connectivity index (χ0) is 18.0. The zero-order valence-electron chi connectivity index (χ0n) is 14.1. The van der Waals surface area contributed by atoms with Crippen molar-refractivity contribution in [3.05, 3.63) is 50.2 Å². The quantitative estimate of drug-likeness (QED) is 0.646. The van der Waals surface area contributed by atoms with Crippen LogP contribution >= 0.6 is 11.3 Å². The second-order valence-electron chi connectivity index (χ2n) is 5.61. The molecule has 3 aromatic rings. The van der Waals surface area contributed by atoms with Gasteiger partial charge < -0.3 is 15.3 Å². The van der Waals surface area contributed by atoms with Gasteiger partial charge in [0.2, 0.25) is 0 Å². The Morgan fingerprint density at radius 2 is 2.08 bits per heavy atom. The number of rotatable bonds is 5. The van der Waals surface area contributed by atoms with E-state index in [1.54, 1.807) is 11.6 Å². The summed E-state index contributed by atoms with van der Waals surface area (Å²) in [5.74, 6) is 0.516. The molecule has 0 radical (unpaired) electrons. The van der Waals surface area contributed by atoms with E-state index < -0.39 is 11.5 Å². The third-order valence-corrected chi connectivity index (χ3v) is 4.45. The van der Waals surface area contributed by atoms with Crippen molar-refractivity contribution in [2.75, 3.05) is 0 Å². The van der Waals surface area contributed by atoms with Crippen LogP contribution in [-0.4, -0.2) is 30.8 Å². The van der Waals surface area contributed by atoms with Gasteiger partial charge in [-0.3, -0.25) is 9.59 Å². The molecule has 130 valence electrons. The molecule has 1 atom stereocenters. The molecule has 3 aromatic heterocycles.